The molecule has 0 atom stereocenters. The lowest BCUT2D eigenvalue weighted by molar-refractivity contribution is -0.137. The number of fused-ring (bicyclic) bond motifs is 1. The van der Waals surface area contributed by atoms with Crippen molar-refractivity contribution in [3.63, 3.8) is 0 Å². The smallest absolute Gasteiger partial charge is 0.396 e. The van der Waals surface area contributed by atoms with E-state index >= 15 is 4.39 Å². The first-order valence-electron chi connectivity index (χ1n) is 13.7. The van der Waals surface area contributed by atoms with Crippen LogP contribution < -0.4 is 5.73 Å². The van der Waals surface area contributed by atoms with Crippen molar-refractivity contribution in [2.24, 2.45) is 0 Å². The average Bonchev–Trinajstić information content (AvgIpc) is 3.39. The molecule has 0 aliphatic carbocycles. The van der Waals surface area contributed by atoms with Gasteiger partial charge in [-0.3, -0.25) is 4.90 Å². The van der Waals surface area contributed by atoms with E-state index in [1.165, 1.54) is 6.07 Å². The second-order valence-corrected chi connectivity index (χ2v) is 11.1. The molecule has 5 rings (SSSR count). The van der Waals surface area contributed by atoms with Crippen molar-refractivity contribution >= 4 is 5.69 Å². The Bertz CT molecular complexity index is 1610. The second-order valence-electron chi connectivity index (χ2n) is 11.1. The highest BCUT2D eigenvalue weighted by atomic mass is 19.4. The maximum atomic E-state index is 15.6. The molecular weight excluding hydrogens is 535 g/mol. The number of hydrogen-bond donors (Lipinski definition) is 1. The highest BCUT2D eigenvalue weighted by Crippen LogP contribution is 2.46. The molecule has 0 saturated carbocycles. The van der Waals surface area contributed by atoms with E-state index in [-0.39, 0.29) is 11.3 Å². The quantitative estimate of drug-likeness (QED) is 0.189. The van der Waals surface area contributed by atoms with Gasteiger partial charge < -0.3 is 5.73 Å². The third-order valence-corrected chi connectivity index (χ3v) is 8.25. The van der Waals surface area contributed by atoms with Crippen LogP contribution in [0.15, 0.2) is 48.5 Å². The van der Waals surface area contributed by atoms with E-state index in [2.05, 4.69) is 4.90 Å². The Morgan fingerprint density at radius 2 is 1.59 bits per heavy atom. The molecule has 0 unspecified atom stereocenters. The summed E-state index contributed by atoms with van der Waals surface area (Å²) in [5, 5.41) is 5.07. The van der Waals surface area contributed by atoms with Crippen LogP contribution in [0.2, 0.25) is 0 Å². The minimum absolute atomic E-state index is 0.0572. The van der Waals surface area contributed by atoms with Crippen LogP contribution in [0.25, 0.3) is 16.9 Å². The molecule has 1 aliphatic rings. The maximum Gasteiger partial charge on any atom is 0.416 e. The Labute approximate surface area is 236 Å². The van der Waals surface area contributed by atoms with Crippen LogP contribution in [0.5, 0.6) is 0 Å². The minimum Gasteiger partial charge on any atom is -0.396 e. The molecule has 1 aromatic heterocycles. The van der Waals surface area contributed by atoms with Crippen molar-refractivity contribution < 1.29 is 22.0 Å². The number of anilines is 1. The molecule has 2 heterocycles. The van der Waals surface area contributed by atoms with Crippen molar-refractivity contribution in [3.05, 3.63) is 99.2 Å². The maximum absolute atomic E-state index is 15.6. The van der Waals surface area contributed by atoms with E-state index in [9.17, 15) is 17.6 Å². The van der Waals surface area contributed by atoms with Gasteiger partial charge in [-0.1, -0.05) is 38.1 Å². The minimum atomic E-state index is -4.42. The Morgan fingerprint density at radius 1 is 0.927 bits per heavy atom. The summed E-state index contributed by atoms with van der Waals surface area (Å²) in [6, 6.07) is 11.9. The number of halogens is 5. The standard InChI is InChI=1S/C32H33F5N4/c1-6-19-9-8-10-20(7-2)28(19)41-29(23-14-26(34)27(38)15-25(23)33)24-17-40(31(4,5)30(24)39-41)16-21-11-12-22(13-18(21)3)32(35,36)37/h8-15H,6-7,16-17,38H2,1-5H3. The van der Waals surface area contributed by atoms with Crippen molar-refractivity contribution in [3.8, 4) is 16.9 Å². The Hall–Kier alpha value is -3.72. The number of aromatic nitrogens is 2. The number of alkyl halides is 3. The Kier molecular flexibility index (Phi) is 7.22. The second kappa shape index (κ2) is 10.3. The Morgan fingerprint density at radius 3 is 2.17 bits per heavy atom. The molecule has 1 aliphatic heterocycles. The van der Waals surface area contributed by atoms with Gasteiger partial charge in [-0.05, 0) is 74.1 Å². The van der Waals surface area contributed by atoms with E-state index in [0.717, 1.165) is 52.2 Å². The molecule has 4 nitrogen and oxygen atoms in total. The fraction of sp³-hybridized carbons (Fsp3) is 0.344. The van der Waals surface area contributed by atoms with Gasteiger partial charge in [-0.25, -0.2) is 13.5 Å². The summed E-state index contributed by atoms with van der Waals surface area (Å²) in [7, 11) is 0. The third kappa shape index (κ3) is 4.90. The molecule has 0 bridgehead atoms. The van der Waals surface area contributed by atoms with Crippen molar-refractivity contribution in [1.29, 1.82) is 0 Å². The molecule has 3 aromatic carbocycles. The number of nitrogens with zero attached hydrogens (tertiary/aromatic N) is 3. The van der Waals surface area contributed by atoms with Crippen LogP contribution in [0, 0.1) is 18.6 Å². The SMILES string of the molecule is CCc1cccc(CC)c1-n1nc2c(c1-c1cc(F)c(N)cc1F)CN(Cc1ccc(C(F)(F)F)cc1C)C2(C)C. The number of rotatable bonds is 6. The van der Waals surface area contributed by atoms with Crippen molar-refractivity contribution in [1.82, 2.24) is 14.7 Å². The molecule has 41 heavy (non-hydrogen) atoms. The van der Waals surface area contributed by atoms with Crippen LogP contribution in [0.1, 0.15) is 66.8 Å². The first kappa shape index (κ1) is 28.8. The van der Waals surface area contributed by atoms with Crippen molar-refractivity contribution in [2.75, 3.05) is 5.73 Å². The number of hydrogen-bond acceptors (Lipinski definition) is 3. The average molecular weight is 569 g/mol. The topological polar surface area (TPSA) is 47.1 Å². The summed E-state index contributed by atoms with van der Waals surface area (Å²) in [6.07, 6.45) is -2.99. The van der Waals surface area contributed by atoms with E-state index in [1.807, 2.05) is 45.9 Å². The fourth-order valence-corrected chi connectivity index (χ4v) is 5.81. The van der Waals surface area contributed by atoms with Gasteiger partial charge in [0.2, 0.25) is 0 Å². The predicted molar refractivity (Wildman–Crippen MR) is 151 cm³/mol. The summed E-state index contributed by atoms with van der Waals surface area (Å²) < 4.78 is 71.9. The highest BCUT2D eigenvalue weighted by molar-refractivity contribution is 5.72. The summed E-state index contributed by atoms with van der Waals surface area (Å²) in [4.78, 5) is 2.10. The van der Waals surface area contributed by atoms with Crippen LogP contribution in [0.4, 0.5) is 27.6 Å². The zero-order chi connectivity index (χ0) is 29.9. The lowest BCUT2D eigenvalue weighted by atomic mass is 9.97. The molecule has 0 amide bonds. The summed E-state index contributed by atoms with van der Waals surface area (Å²) in [6.45, 7) is 10.4. The van der Waals surface area contributed by atoms with Gasteiger partial charge in [0.15, 0.2) is 0 Å². The first-order chi connectivity index (χ1) is 19.3. The molecule has 9 heteroatoms. The zero-order valence-electron chi connectivity index (χ0n) is 23.8. The van der Waals surface area contributed by atoms with E-state index in [0.29, 0.717) is 42.9 Å². The normalized spacial score (nSPS) is 15.0. The van der Waals surface area contributed by atoms with Crippen molar-refractivity contribution in [2.45, 2.75) is 72.3 Å². The zero-order valence-corrected chi connectivity index (χ0v) is 23.8. The summed E-state index contributed by atoms with van der Waals surface area (Å²) in [5.41, 5.74) is 10.2. The third-order valence-electron chi connectivity index (χ3n) is 8.25. The molecule has 0 radical (unpaired) electrons. The van der Waals surface area contributed by atoms with Crippen LogP contribution in [-0.2, 0) is 37.6 Å². The van der Waals surface area contributed by atoms with Gasteiger partial charge in [0.05, 0.1) is 33.9 Å². The molecule has 4 aromatic rings. The number of nitrogens with two attached hydrogens (primary N) is 1. The number of benzene rings is 3. The number of nitrogen functional groups attached to an aromatic ring is 1. The predicted octanol–water partition coefficient (Wildman–Crippen LogP) is 8.10. The van der Waals surface area contributed by atoms with Gasteiger partial charge in [-0.2, -0.15) is 18.3 Å². The Balaban J connectivity index is 1.68. The summed E-state index contributed by atoms with van der Waals surface area (Å²) in [5.74, 6) is -1.38. The van der Waals surface area contributed by atoms with E-state index < -0.39 is 28.9 Å². The molecule has 0 saturated heterocycles. The van der Waals surface area contributed by atoms with Crippen LogP contribution in [-0.4, -0.2) is 14.7 Å². The molecule has 216 valence electrons. The lowest BCUT2D eigenvalue weighted by Gasteiger charge is -2.32. The molecular formula is C32H33F5N4. The van der Waals surface area contributed by atoms with Gasteiger partial charge in [0.1, 0.15) is 11.6 Å². The van der Waals surface area contributed by atoms with Gasteiger partial charge in [0.25, 0.3) is 0 Å². The van der Waals surface area contributed by atoms with Crippen LogP contribution >= 0.6 is 0 Å². The van der Waals surface area contributed by atoms with E-state index in [4.69, 9.17) is 10.8 Å². The first-order valence-corrected chi connectivity index (χ1v) is 13.7. The number of aryl methyl sites for hydroxylation is 3. The number of para-hydroxylation sites is 1. The largest absolute Gasteiger partial charge is 0.416 e. The van der Waals surface area contributed by atoms with Gasteiger partial charge in [0, 0.05) is 30.3 Å². The van der Waals surface area contributed by atoms with Crippen LogP contribution in [0.3, 0.4) is 0 Å². The molecule has 0 fully saturated rings. The van der Waals surface area contributed by atoms with Gasteiger partial charge in [-0.15, -0.1) is 0 Å². The summed E-state index contributed by atoms with van der Waals surface area (Å²) >= 11 is 0. The lowest BCUT2D eigenvalue weighted by Crippen LogP contribution is -2.36. The molecule has 0 spiro atoms. The highest BCUT2D eigenvalue weighted by Gasteiger charge is 2.43. The van der Waals surface area contributed by atoms with E-state index in [1.54, 1.807) is 11.6 Å². The van der Waals surface area contributed by atoms with Gasteiger partial charge >= 0.3 is 6.18 Å². The monoisotopic (exact) mass is 568 g/mol. The fourth-order valence-electron chi connectivity index (χ4n) is 5.81. The molecule has 2 N–H and O–H groups in total.